The molecule has 1 aliphatic heterocycles. The summed E-state index contributed by atoms with van der Waals surface area (Å²) in [5.74, 6) is -0.376. The van der Waals surface area contributed by atoms with E-state index in [0.29, 0.717) is 18.8 Å². The Bertz CT molecular complexity index is 322. The van der Waals surface area contributed by atoms with E-state index in [0.717, 1.165) is 12.8 Å². The number of hydrogen-bond donors (Lipinski definition) is 2. The van der Waals surface area contributed by atoms with Crippen molar-refractivity contribution >= 4 is 5.97 Å². The molecule has 88 valence electrons. The third-order valence-electron chi connectivity index (χ3n) is 3.76. The van der Waals surface area contributed by atoms with Crippen LogP contribution in [0.25, 0.3) is 0 Å². The number of aliphatic hydroxyl groups is 1. The fourth-order valence-electron chi connectivity index (χ4n) is 2.75. The molecule has 1 heterocycles. The summed E-state index contributed by atoms with van der Waals surface area (Å²) in [6.07, 6.45) is 5.39. The Balaban J connectivity index is 2.10. The molecule has 0 bridgehead atoms. The van der Waals surface area contributed by atoms with Crippen LogP contribution in [0.4, 0.5) is 0 Å². The van der Waals surface area contributed by atoms with Gasteiger partial charge in [0.05, 0.1) is 0 Å². The van der Waals surface area contributed by atoms with Gasteiger partial charge in [-0.05, 0) is 31.6 Å². The van der Waals surface area contributed by atoms with Crippen molar-refractivity contribution in [3.8, 4) is 6.19 Å². The lowest BCUT2D eigenvalue weighted by Gasteiger charge is -2.28. The number of carbonyl (C=O) groups is 1. The zero-order valence-electron chi connectivity index (χ0n) is 9.04. The van der Waals surface area contributed by atoms with Gasteiger partial charge in [-0.2, -0.15) is 5.26 Å². The van der Waals surface area contributed by atoms with E-state index in [-0.39, 0.29) is 18.6 Å². The summed E-state index contributed by atoms with van der Waals surface area (Å²) in [7, 11) is 0. The highest BCUT2D eigenvalue weighted by molar-refractivity contribution is 5.74. The molecule has 5 heteroatoms. The number of carboxylic acid groups (broad SMARTS) is 1. The van der Waals surface area contributed by atoms with Gasteiger partial charge in [0.1, 0.15) is 6.04 Å². The molecule has 1 saturated heterocycles. The molecule has 5 nitrogen and oxygen atoms in total. The predicted octanol–water partition coefficient (Wildman–Crippen LogP) is 0.404. The first-order valence-corrected chi connectivity index (χ1v) is 5.70. The molecule has 2 aliphatic rings. The quantitative estimate of drug-likeness (QED) is 0.675. The van der Waals surface area contributed by atoms with Gasteiger partial charge >= 0.3 is 5.97 Å². The van der Waals surface area contributed by atoms with E-state index in [1.165, 1.54) is 4.90 Å². The first kappa shape index (κ1) is 11.2. The Morgan fingerprint density at radius 1 is 1.44 bits per heavy atom. The highest BCUT2D eigenvalue weighted by atomic mass is 16.4. The van der Waals surface area contributed by atoms with Crippen LogP contribution in [0, 0.1) is 23.3 Å². The standard InChI is InChI=1S/C11H16N2O3/c12-6-13-9(3-4-10(13)11(15)16)8(5-14)7-1-2-7/h7-10,14H,1-5H2,(H,15,16). The summed E-state index contributed by atoms with van der Waals surface area (Å²) in [5.41, 5.74) is 0. The summed E-state index contributed by atoms with van der Waals surface area (Å²) < 4.78 is 0. The minimum Gasteiger partial charge on any atom is -0.480 e. The Hall–Kier alpha value is -1.28. The van der Waals surface area contributed by atoms with E-state index >= 15 is 0 Å². The minimum absolute atomic E-state index is 0.0554. The predicted molar refractivity (Wildman–Crippen MR) is 55.2 cm³/mol. The average molecular weight is 224 g/mol. The van der Waals surface area contributed by atoms with Crippen molar-refractivity contribution < 1.29 is 15.0 Å². The number of nitriles is 1. The van der Waals surface area contributed by atoms with Crippen molar-refractivity contribution in [2.24, 2.45) is 11.8 Å². The number of aliphatic hydroxyl groups excluding tert-OH is 1. The summed E-state index contributed by atoms with van der Waals surface area (Å²) in [6.45, 7) is 0.0554. The Morgan fingerprint density at radius 2 is 2.12 bits per heavy atom. The molecule has 16 heavy (non-hydrogen) atoms. The van der Waals surface area contributed by atoms with Crippen molar-refractivity contribution in [2.75, 3.05) is 6.61 Å². The van der Waals surface area contributed by atoms with Gasteiger partial charge in [0.25, 0.3) is 0 Å². The van der Waals surface area contributed by atoms with Gasteiger partial charge < -0.3 is 10.2 Å². The van der Waals surface area contributed by atoms with Crippen molar-refractivity contribution in [1.82, 2.24) is 4.90 Å². The lowest BCUT2D eigenvalue weighted by Crippen LogP contribution is -2.42. The second kappa shape index (κ2) is 4.30. The normalized spacial score (nSPS) is 31.1. The molecule has 1 aliphatic carbocycles. The Kier molecular flexibility index (Phi) is 3.01. The molecule has 2 N–H and O–H groups in total. The monoisotopic (exact) mass is 224 g/mol. The fraction of sp³-hybridized carbons (Fsp3) is 0.818. The van der Waals surface area contributed by atoms with Crippen molar-refractivity contribution in [3.63, 3.8) is 0 Å². The number of hydrogen-bond acceptors (Lipinski definition) is 4. The molecule has 3 atom stereocenters. The van der Waals surface area contributed by atoms with Gasteiger partial charge in [0.2, 0.25) is 0 Å². The van der Waals surface area contributed by atoms with Gasteiger partial charge in [0.15, 0.2) is 6.19 Å². The summed E-state index contributed by atoms with van der Waals surface area (Å²) in [4.78, 5) is 12.3. The Labute approximate surface area is 94.3 Å². The summed E-state index contributed by atoms with van der Waals surface area (Å²) in [5, 5.41) is 27.4. The van der Waals surface area contributed by atoms with Crippen molar-refractivity contribution in [3.05, 3.63) is 0 Å². The lowest BCUT2D eigenvalue weighted by atomic mass is 9.93. The largest absolute Gasteiger partial charge is 0.480 e. The second-order valence-electron chi connectivity index (χ2n) is 4.69. The van der Waals surface area contributed by atoms with Crippen LogP contribution in [-0.2, 0) is 4.79 Å². The van der Waals surface area contributed by atoms with Crippen LogP contribution in [0.3, 0.4) is 0 Å². The number of nitrogens with zero attached hydrogens (tertiary/aromatic N) is 2. The van der Waals surface area contributed by atoms with Crippen molar-refractivity contribution in [1.29, 1.82) is 5.26 Å². The number of rotatable bonds is 4. The lowest BCUT2D eigenvalue weighted by molar-refractivity contribution is -0.141. The summed E-state index contributed by atoms with van der Waals surface area (Å²) >= 11 is 0. The van der Waals surface area contributed by atoms with Crippen LogP contribution in [-0.4, -0.2) is 39.8 Å². The zero-order valence-corrected chi connectivity index (χ0v) is 9.04. The van der Waals surface area contributed by atoms with Crippen LogP contribution in [0.1, 0.15) is 25.7 Å². The van der Waals surface area contributed by atoms with Gasteiger partial charge in [0, 0.05) is 18.6 Å². The van der Waals surface area contributed by atoms with E-state index < -0.39 is 12.0 Å². The molecule has 1 saturated carbocycles. The molecule has 0 aromatic rings. The zero-order chi connectivity index (χ0) is 11.7. The topological polar surface area (TPSA) is 84.6 Å². The second-order valence-corrected chi connectivity index (χ2v) is 4.69. The van der Waals surface area contributed by atoms with Crippen molar-refractivity contribution in [2.45, 2.75) is 37.8 Å². The van der Waals surface area contributed by atoms with E-state index in [2.05, 4.69) is 0 Å². The van der Waals surface area contributed by atoms with E-state index in [9.17, 15) is 9.90 Å². The number of carboxylic acids is 1. The van der Waals surface area contributed by atoms with Gasteiger partial charge in [-0.25, -0.2) is 4.79 Å². The Morgan fingerprint density at radius 3 is 2.56 bits per heavy atom. The van der Waals surface area contributed by atoms with E-state index in [1.54, 1.807) is 0 Å². The average Bonchev–Trinajstić information content (AvgIpc) is 2.98. The van der Waals surface area contributed by atoms with Crippen LogP contribution < -0.4 is 0 Å². The van der Waals surface area contributed by atoms with Crippen LogP contribution in [0.2, 0.25) is 0 Å². The maximum Gasteiger partial charge on any atom is 0.327 e. The molecular formula is C11H16N2O3. The molecule has 2 rings (SSSR count). The SMILES string of the molecule is N#CN1C(C(=O)O)CCC1C(CO)C1CC1. The molecule has 0 aromatic heterocycles. The van der Waals surface area contributed by atoms with Crippen LogP contribution in [0.15, 0.2) is 0 Å². The molecule has 0 aromatic carbocycles. The number of likely N-dealkylation sites (tertiary alicyclic amines) is 1. The highest BCUT2D eigenvalue weighted by Crippen LogP contribution is 2.43. The minimum atomic E-state index is -0.934. The third kappa shape index (κ3) is 1.85. The van der Waals surface area contributed by atoms with Gasteiger partial charge in [-0.1, -0.05) is 0 Å². The maximum atomic E-state index is 11.0. The van der Waals surface area contributed by atoms with Gasteiger partial charge in [-0.15, -0.1) is 0 Å². The molecular weight excluding hydrogens is 208 g/mol. The van der Waals surface area contributed by atoms with Crippen LogP contribution >= 0.6 is 0 Å². The first-order chi connectivity index (χ1) is 7.69. The first-order valence-electron chi connectivity index (χ1n) is 5.70. The third-order valence-corrected chi connectivity index (χ3v) is 3.76. The maximum absolute atomic E-state index is 11.0. The highest BCUT2D eigenvalue weighted by Gasteiger charge is 2.45. The van der Waals surface area contributed by atoms with Gasteiger partial charge in [-0.3, -0.25) is 4.90 Å². The fourth-order valence-corrected chi connectivity index (χ4v) is 2.75. The van der Waals surface area contributed by atoms with E-state index in [4.69, 9.17) is 10.4 Å². The molecule has 2 fully saturated rings. The molecule has 0 amide bonds. The number of aliphatic carboxylic acids is 1. The molecule has 0 spiro atoms. The van der Waals surface area contributed by atoms with Crippen LogP contribution in [0.5, 0.6) is 0 Å². The summed E-state index contributed by atoms with van der Waals surface area (Å²) in [6, 6.07) is -0.772. The van der Waals surface area contributed by atoms with E-state index in [1.807, 2.05) is 6.19 Å². The molecule has 0 radical (unpaired) electrons. The smallest absolute Gasteiger partial charge is 0.327 e. The molecule has 3 unspecified atom stereocenters.